The van der Waals surface area contributed by atoms with Crippen LogP contribution in [-0.2, 0) is 6.42 Å². The number of hydrogen-bond acceptors (Lipinski definition) is 2. The maximum absolute atomic E-state index is 3.51. The number of nitrogens with one attached hydrogen (secondary N) is 1. The number of benzene rings is 1. The van der Waals surface area contributed by atoms with E-state index in [1.54, 1.807) is 0 Å². The minimum Gasteiger partial charge on any atom is -0.316 e. The summed E-state index contributed by atoms with van der Waals surface area (Å²) >= 11 is 2.16. The second-order valence-electron chi connectivity index (χ2n) is 4.99. The normalized spacial score (nSPS) is 22.4. The van der Waals surface area contributed by atoms with Crippen LogP contribution < -0.4 is 5.32 Å². The van der Waals surface area contributed by atoms with Crippen molar-refractivity contribution in [3.8, 4) is 0 Å². The summed E-state index contributed by atoms with van der Waals surface area (Å²) in [5, 5.41) is 4.32. The van der Waals surface area contributed by atoms with Gasteiger partial charge in [-0.2, -0.15) is 11.8 Å². The zero-order valence-electron chi connectivity index (χ0n) is 10.9. The van der Waals surface area contributed by atoms with Crippen LogP contribution in [-0.4, -0.2) is 24.1 Å². The first-order chi connectivity index (χ1) is 8.29. The van der Waals surface area contributed by atoms with E-state index in [0.29, 0.717) is 6.04 Å². The summed E-state index contributed by atoms with van der Waals surface area (Å²) in [5.41, 5.74) is 2.81. The minimum atomic E-state index is 0.628. The van der Waals surface area contributed by atoms with Gasteiger partial charge in [0.05, 0.1) is 0 Å². The molecule has 1 heterocycles. The van der Waals surface area contributed by atoms with Gasteiger partial charge in [0.25, 0.3) is 0 Å². The quantitative estimate of drug-likeness (QED) is 0.877. The standard InChI is InChI=1S/C15H23NS/c1-12-6-8-13(9-7-12)11-14(16-2)15-5-3-4-10-17-15/h6-9,14-16H,3-5,10-11H2,1-2H3. The summed E-state index contributed by atoms with van der Waals surface area (Å²) in [6, 6.07) is 9.61. The molecule has 1 nitrogen and oxygen atoms in total. The Hall–Kier alpha value is -0.470. The fraction of sp³-hybridized carbons (Fsp3) is 0.600. The number of hydrogen-bond donors (Lipinski definition) is 1. The zero-order valence-corrected chi connectivity index (χ0v) is 11.7. The van der Waals surface area contributed by atoms with Crippen molar-refractivity contribution in [3.05, 3.63) is 35.4 Å². The van der Waals surface area contributed by atoms with Crippen LogP contribution in [0.1, 0.15) is 30.4 Å². The highest BCUT2D eigenvalue weighted by atomic mass is 32.2. The highest BCUT2D eigenvalue weighted by Gasteiger charge is 2.22. The Morgan fingerprint density at radius 2 is 2.06 bits per heavy atom. The van der Waals surface area contributed by atoms with Crippen LogP contribution >= 0.6 is 11.8 Å². The van der Waals surface area contributed by atoms with E-state index >= 15 is 0 Å². The Morgan fingerprint density at radius 3 is 2.65 bits per heavy atom. The maximum atomic E-state index is 3.51. The lowest BCUT2D eigenvalue weighted by molar-refractivity contribution is 0.495. The summed E-state index contributed by atoms with van der Waals surface area (Å²) in [6.45, 7) is 2.15. The molecule has 0 radical (unpaired) electrons. The lowest BCUT2D eigenvalue weighted by Crippen LogP contribution is -2.38. The number of likely N-dealkylation sites (N-methyl/N-ethyl adjacent to an activating group) is 1. The SMILES string of the molecule is CNC(Cc1ccc(C)cc1)C1CCCCS1. The lowest BCUT2D eigenvalue weighted by Gasteiger charge is -2.29. The van der Waals surface area contributed by atoms with Gasteiger partial charge < -0.3 is 5.32 Å². The summed E-state index contributed by atoms with van der Waals surface area (Å²) in [7, 11) is 2.11. The Balaban J connectivity index is 1.96. The molecule has 0 saturated carbocycles. The highest BCUT2D eigenvalue weighted by Crippen LogP contribution is 2.28. The van der Waals surface area contributed by atoms with Crippen LogP contribution in [0.15, 0.2) is 24.3 Å². The molecule has 1 fully saturated rings. The monoisotopic (exact) mass is 249 g/mol. The van der Waals surface area contributed by atoms with Crippen LogP contribution in [0.2, 0.25) is 0 Å². The fourth-order valence-corrected chi connectivity index (χ4v) is 3.95. The Labute approximate surface area is 109 Å². The molecule has 1 aromatic rings. The molecule has 1 saturated heterocycles. The van der Waals surface area contributed by atoms with Crippen LogP contribution in [0.4, 0.5) is 0 Å². The highest BCUT2D eigenvalue weighted by molar-refractivity contribution is 8.00. The maximum Gasteiger partial charge on any atom is 0.0223 e. The molecule has 2 rings (SSSR count). The van der Waals surface area contributed by atoms with Gasteiger partial charge in [-0.1, -0.05) is 36.2 Å². The summed E-state index contributed by atoms with van der Waals surface area (Å²) in [4.78, 5) is 0. The van der Waals surface area contributed by atoms with Crippen molar-refractivity contribution in [1.29, 1.82) is 0 Å². The molecule has 2 heteroatoms. The molecule has 0 aromatic heterocycles. The first-order valence-corrected chi connectivity index (χ1v) is 7.69. The van der Waals surface area contributed by atoms with Gasteiger partial charge in [0.15, 0.2) is 0 Å². The van der Waals surface area contributed by atoms with E-state index in [-0.39, 0.29) is 0 Å². The van der Waals surface area contributed by atoms with E-state index in [4.69, 9.17) is 0 Å². The van der Waals surface area contributed by atoms with Gasteiger partial charge in [-0.15, -0.1) is 0 Å². The van der Waals surface area contributed by atoms with Gasteiger partial charge in [-0.05, 0) is 44.6 Å². The van der Waals surface area contributed by atoms with E-state index in [0.717, 1.165) is 11.7 Å². The molecular weight excluding hydrogens is 226 g/mol. The molecule has 1 aliphatic rings. The fourth-order valence-electron chi connectivity index (χ4n) is 2.48. The van der Waals surface area contributed by atoms with E-state index in [1.807, 2.05) is 0 Å². The molecule has 2 atom stereocenters. The predicted molar refractivity (Wildman–Crippen MR) is 77.8 cm³/mol. The van der Waals surface area contributed by atoms with Crippen molar-refractivity contribution < 1.29 is 0 Å². The minimum absolute atomic E-state index is 0.628. The van der Waals surface area contributed by atoms with E-state index in [9.17, 15) is 0 Å². The van der Waals surface area contributed by atoms with Gasteiger partial charge in [0.1, 0.15) is 0 Å². The second kappa shape index (κ2) is 6.46. The van der Waals surface area contributed by atoms with Crippen molar-refractivity contribution in [2.24, 2.45) is 0 Å². The number of aryl methyl sites for hydroxylation is 1. The van der Waals surface area contributed by atoms with Crippen molar-refractivity contribution in [1.82, 2.24) is 5.32 Å². The molecule has 1 aromatic carbocycles. The molecule has 94 valence electrons. The molecule has 0 spiro atoms. The summed E-state index contributed by atoms with van der Waals surface area (Å²) in [5.74, 6) is 1.34. The average molecular weight is 249 g/mol. The van der Waals surface area contributed by atoms with Gasteiger partial charge in [-0.25, -0.2) is 0 Å². The topological polar surface area (TPSA) is 12.0 Å². The molecule has 1 aliphatic heterocycles. The predicted octanol–water partition coefficient (Wildman–Crippen LogP) is 3.41. The largest absolute Gasteiger partial charge is 0.316 e. The molecule has 17 heavy (non-hydrogen) atoms. The van der Waals surface area contributed by atoms with Crippen LogP contribution in [0.3, 0.4) is 0 Å². The molecule has 0 bridgehead atoms. The van der Waals surface area contributed by atoms with Gasteiger partial charge in [0, 0.05) is 11.3 Å². The summed E-state index contributed by atoms with van der Waals surface area (Å²) in [6.07, 6.45) is 5.35. The van der Waals surface area contributed by atoms with Crippen molar-refractivity contribution in [2.45, 2.75) is 43.9 Å². The third-order valence-corrected chi connectivity index (χ3v) is 5.13. The molecular formula is C15H23NS. The molecule has 0 amide bonds. The smallest absolute Gasteiger partial charge is 0.0223 e. The summed E-state index contributed by atoms with van der Waals surface area (Å²) < 4.78 is 0. The van der Waals surface area contributed by atoms with Crippen LogP contribution in [0, 0.1) is 6.92 Å². The number of rotatable bonds is 4. The molecule has 2 unspecified atom stereocenters. The third kappa shape index (κ3) is 3.75. The molecule has 1 N–H and O–H groups in total. The van der Waals surface area contributed by atoms with Crippen molar-refractivity contribution in [2.75, 3.05) is 12.8 Å². The third-order valence-electron chi connectivity index (χ3n) is 3.61. The Morgan fingerprint density at radius 1 is 1.29 bits per heavy atom. The Kier molecular flexibility index (Phi) is 4.93. The first kappa shape index (κ1) is 13.0. The van der Waals surface area contributed by atoms with Gasteiger partial charge in [0.2, 0.25) is 0 Å². The second-order valence-corrected chi connectivity index (χ2v) is 6.34. The van der Waals surface area contributed by atoms with Crippen LogP contribution in [0.5, 0.6) is 0 Å². The molecule has 0 aliphatic carbocycles. The Bertz CT molecular complexity index is 327. The van der Waals surface area contributed by atoms with E-state index in [2.05, 4.69) is 55.3 Å². The first-order valence-electron chi connectivity index (χ1n) is 6.64. The van der Waals surface area contributed by atoms with Gasteiger partial charge >= 0.3 is 0 Å². The van der Waals surface area contributed by atoms with E-state index < -0.39 is 0 Å². The lowest BCUT2D eigenvalue weighted by atomic mass is 9.99. The van der Waals surface area contributed by atoms with E-state index in [1.165, 1.54) is 36.1 Å². The van der Waals surface area contributed by atoms with Crippen molar-refractivity contribution >= 4 is 11.8 Å². The van der Waals surface area contributed by atoms with Crippen LogP contribution in [0.25, 0.3) is 0 Å². The zero-order chi connectivity index (χ0) is 12.1. The average Bonchev–Trinajstić information content (AvgIpc) is 2.39. The van der Waals surface area contributed by atoms with Gasteiger partial charge in [-0.3, -0.25) is 0 Å². The number of thioether (sulfide) groups is 1. The van der Waals surface area contributed by atoms with Crippen molar-refractivity contribution in [3.63, 3.8) is 0 Å².